The first-order valence-corrected chi connectivity index (χ1v) is 11.7. The van der Waals surface area contributed by atoms with Crippen LogP contribution < -0.4 is 11.0 Å². The average molecular weight is 466 g/mol. The van der Waals surface area contributed by atoms with E-state index in [9.17, 15) is 14.4 Å². The minimum Gasteiger partial charge on any atom is -0.369 e. The van der Waals surface area contributed by atoms with E-state index >= 15 is 0 Å². The van der Waals surface area contributed by atoms with Gasteiger partial charge in [0.15, 0.2) is 0 Å². The zero-order valence-corrected chi connectivity index (χ0v) is 19.6. The molecule has 1 aromatic heterocycles. The van der Waals surface area contributed by atoms with Crippen molar-refractivity contribution in [3.63, 3.8) is 0 Å². The van der Waals surface area contributed by atoms with Gasteiger partial charge in [-0.25, -0.2) is 4.79 Å². The van der Waals surface area contributed by atoms with Crippen LogP contribution in [0.25, 0.3) is 11.0 Å². The quantitative estimate of drug-likeness (QED) is 0.312. The minimum absolute atomic E-state index is 0.213. The molecule has 180 valence electrons. The molecule has 1 aliphatic rings. The summed E-state index contributed by atoms with van der Waals surface area (Å²) >= 11 is 0. The van der Waals surface area contributed by atoms with Crippen LogP contribution in [0.3, 0.4) is 0 Å². The van der Waals surface area contributed by atoms with E-state index in [2.05, 4.69) is 23.1 Å². The molecular weight excluding hydrogens is 434 g/mol. The number of amides is 2. The predicted molar refractivity (Wildman–Crippen MR) is 129 cm³/mol. The number of aromatic nitrogens is 2. The Morgan fingerprint density at radius 3 is 2.44 bits per heavy atom. The third kappa shape index (κ3) is 6.60. The third-order valence-corrected chi connectivity index (χ3v) is 5.78. The highest BCUT2D eigenvalue weighted by Gasteiger charge is 2.31. The van der Waals surface area contributed by atoms with Gasteiger partial charge in [-0.1, -0.05) is 37.0 Å². The molecule has 2 heterocycles. The molecule has 8 nitrogen and oxygen atoms in total. The van der Waals surface area contributed by atoms with Crippen LogP contribution in [0.5, 0.6) is 0 Å². The van der Waals surface area contributed by atoms with Gasteiger partial charge in [0.25, 0.3) is 0 Å². The molecule has 1 N–H and O–H groups in total. The molecule has 1 atom stereocenters. The molecule has 3 rings (SSSR count). The number of aryl methyl sites for hydroxylation is 1. The van der Waals surface area contributed by atoms with Crippen LogP contribution in [-0.4, -0.2) is 47.4 Å². The summed E-state index contributed by atoms with van der Waals surface area (Å²) < 4.78 is 13.8. The lowest BCUT2D eigenvalue weighted by molar-refractivity contribution is -0.135. The number of hydrogen-bond donors (Lipinski definition) is 1. The van der Waals surface area contributed by atoms with Crippen LogP contribution >= 0.6 is 0 Å². The molecule has 1 unspecified atom stereocenters. The second-order valence-corrected chi connectivity index (χ2v) is 8.26. The van der Waals surface area contributed by atoms with E-state index in [1.807, 2.05) is 12.1 Å². The Hall–Kier alpha value is -3.33. The number of carbonyl (C=O) groups is 2. The molecule has 0 radical (unpaired) electrons. The summed E-state index contributed by atoms with van der Waals surface area (Å²) in [5.41, 5.74) is 1.80. The first kappa shape index (κ1) is 25.3. The van der Waals surface area contributed by atoms with E-state index in [0.717, 1.165) is 44.3 Å². The van der Waals surface area contributed by atoms with Gasteiger partial charge in [0.1, 0.15) is 19.3 Å². The number of unbranched alkanes of at least 4 members (excludes halogenated alkanes) is 4. The van der Waals surface area contributed by atoms with Crippen LogP contribution in [-0.2, 0) is 26.1 Å². The lowest BCUT2D eigenvalue weighted by atomic mass is 10.1. The van der Waals surface area contributed by atoms with Gasteiger partial charge in [-0.05, 0) is 37.5 Å². The number of terminal acetylenes is 1. The molecule has 2 amide bonds. The summed E-state index contributed by atoms with van der Waals surface area (Å²) in [6, 6.07) is 4.76. The first-order valence-electron chi connectivity index (χ1n) is 11.7. The van der Waals surface area contributed by atoms with Crippen molar-refractivity contribution < 1.29 is 19.1 Å². The summed E-state index contributed by atoms with van der Waals surface area (Å²) in [5, 5.41) is 2.31. The molecule has 0 bridgehead atoms. The normalized spacial score (nSPS) is 15.6. The van der Waals surface area contributed by atoms with Crippen molar-refractivity contribution in [2.45, 2.75) is 51.0 Å². The van der Waals surface area contributed by atoms with Crippen LogP contribution in [0.15, 0.2) is 23.0 Å². The second kappa shape index (κ2) is 12.8. The van der Waals surface area contributed by atoms with E-state index < -0.39 is 11.9 Å². The number of fused-ring (bicyclic) bond motifs is 1. The van der Waals surface area contributed by atoms with Gasteiger partial charge in [0, 0.05) is 32.2 Å². The highest BCUT2D eigenvalue weighted by Crippen LogP contribution is 2.23. The van der Waals surface area contributed by atoms with Gasteiger partial charge in [0.2, 0.25) is 11.8 Å². The Balaban J connectivity index is 1.48. The molecule has 8 heteroatoms. The van der Waals surface area contributed by atoms with Gasteiger partial charge in [-0.2, -0.15) is 0 Å². The molecule has 1 aromatic carbocycles. The monoisotopic (exact) mass is 465 g/mol. The molecule has 2 aromatic rings. The number of rotatable bonds is 11. The van der Waals surface area contributed by atoms with Crippen molar-refractivity contribution in [2.75, 3.05) is 26.4 Å². The van der Waals surface area contributed by atoms with E-state index in [1.54, 1.807) is 13.1 Å². The lowest BCUT2D eigenvalue weighted by Crippen LogP contribution is -2.44. The van der Waals surface area contributed by atoms with Gasteiger partial charge >= 0.3 is 5.69 Å². The minimum atomic E-state index is -0.693. The van der Waals surface area contributed by atoms with E-state index in [-0.39, 0.29) is 18.0 Å². The summed E-state index contributed by atoms with van der Waals surface area (Å²) in [4.78, 5) is 36.5. The lowest BCUT2D eigenvalue weighted by Gasteiger charge is -2.21. The Labute approximate surface area is 199 Å². The number of imidazole rings is 1. The Morgan fingerprint density at radius 1 is 1.03 bits per heavy atom. The maximum Gasteiger partial charge on any atom is 0.329 e. The maximum absolute atomic E-state index is 12.8. The number of hydrogen-bond acceptors (Lipinski definition) is 5. The Kier molecular flexibility index (Phi) is 9.51. The molecular formula is C26H31N3O5. The van der Waals surface area contributed by atoms with E-state index in [1.165, 1.54) is 9.13 Å². The molecule has 1 fully saturated rings. The van der Waals surface area contributed by atoms with Crippen molar-refractivity contribution in [3.05, 3.63) is 34.2 Å². The fourth-order valence-electron chi connectivity index (χ4n) is 4.00. The number of ether oxygens (including phenoxy) is 2. The number of carbonyl (C=O) groups excluding carboxylic acids is 2. The van der Waals surface area contributed by atoms with Crippen LogP contribution in [0.4, 0.5) is 0 Å². The first-order chi connectivity index (χ1) is 16.5. The number of imide groups is 1. The van der Waals surface area contributed by atoms with Crippen molar-refractivity contribution in [3.8, 4) is 24.2 Å². The van der Waals surface area contributed by atoms with Gasteiger partial charge in [-0.15, -0.1) is 6.42 Å². The fourth-order valence-corrected chi connectivity index (χ4v) is 4.00. The molecule has 1 saturated heterocycles. The van der Waals surface area contributed by atoms with Crippen molar-refractivity contribution in [1.82, 2.24) is 14.5 Å². The number of piperidine rings is 1. The summed E-state index contributed by atoms with van der Waals surface area (Å²) in [5.74, 6) is 7.79. The maximum atomic E-state index is 12.8. The zero-order valence-electron chi connectivity index (χ0n) is 19.6. The standard InChI is InChI=1S/C26H31N3O5/c1-3-15-33-16-7-5-4-6-8-17-34-18-9-10-20-11-12-21-23(19-20)28(2)26(32)29(21)22-13-14-24(30)27-25(22)31/h1,11-12,19,22H,4-8,13-18H2,2H3,(H,27,30,31). The molecule has 0 saturated carbocycles. The fraction of sp³-hybridized carbons (Fsp3) is 0.500. The smallest absolute Gasteiger partial charge is 0.329 e. The second-order valence-electron chi connectivity index (χ2n) is 8.26. The van der Waals surface area contributed by atoms with Crippen LogP contribution in [0.2, 0.25) is 0 Å². The van der Waals surface area contributed by atoms with Crippen molar-refractivity contribution >= 4 is 22.8 Å². The largest absolute Gasteiger partial charge is 0.369 e. The van der Waals surface area contributed by atoms with Crippen molar-refractivity contribution in [1.29, 1.82) is 0 Å². The van der Waals surface area contributed by atoms with Gasteiger partial charge in [-0.3, -0.25) is 24.0 Å². The predicted octanol–water partition coefficient (Wildman–Crippen LogP) is 2.29. The summed E-state index contributed by atoms with van der Waals surface area (Å²) in [6.45, 7) is 2.12. The Bertz CT molecular complexity index is 1180. The zero-order chi connectivity index (χ0) is 24.3. The number of benzene rings is 1. The highest BCUT2D eigenvalue weighted by atomic mass is 16.5. The van der Waals surface area contributed by atoms with Crippen molar-refractivity contribution in [2.24, 2.45) is 7.05 Å². The summed E-state index contributed by atoms with van der Waals surface area (Å²) in [7, 11) is 1.66. The number of nitrogens with one attached hydrogen (secondary N) is 1. The number of nitrogens with zero attached hydrogens (tertiary/aromatic N) is 2. The summed E-state index contributed by atoms with van der Waals surface area (Å²) in [6.07, 6.45) is 11.1. The van der Waals surface area contributed by atoms with E-state index in [0.29, 0.717) is 37.3 Å². The van der Waals surface area contributed by atoms with Gasteiger partial charge < -0.3 is 9.47 Å². The molecule has 0 spiro atoms. The van der Waals surface area contributed by atoms with Gasteiger partial charge in [0.05, 0.1) is 11.0 Å². The molecule has 0 aliphatic carbocycles. The highest BCUT2D eigenvalue weighted by molar-refractivity contribution is 6.00. The SMILES string of the molecule is C#CCOCCCCCCCOCC#Cc1ccc2c(c1)n(C)c(=O)n2C1CCC(=O)NC1=O. The van der Waals surface area contributed by atoms with E-state index in [4.69, 9.17) is 15.9 Å². The molecule has 1 aliphatic heterocycles. The Morgan fingerprint density at radius 2 is 1.74 bits per heavy atom. The van der Waals surface area contributed by atoms with Crippen LogP contribution in [0.1, 0.15) is 56.6 Å². The molecule has 34 heavy (non-hydrogen) atoms. The average Bonchev–Trinajstić information content (AvgIpc) is 3.07. The van der Waals surface area contributed by atoms with Crippen LogP contribution in [0, 0.1) is 24.2 Å². The topological polar surface area (TPSA) is 91.6 Å². The third-order valence-electron chi connectivity index (χ3n) is 5.78.